The fraction of sp³-hybridized carbons (Fsp3) is 0. The van der Waals surface area contributed by atoms with Crippen LogP contribution in [-0.4, -0.2) is 16.6 Å². The van der Waals surface area contributed by atoms with Crippen LogP contribution < -0.4 is 5.32 Å². The van der Waals surface area contributed by atoms with E-state index in [1.54, 1.807) is 0 Å². The number of carbonyl (C=O) groups excluding carboxylic acids is 1. The lowest BCUT2D eigenvalue weighted by molar-refractivity contribution is 0.405. The second kappa shape index (κ2) is 2.92. The summed E-state index contributed by atoms with van der Waals surface area (Å²) in [6, 6.07) is 4.25. The van der Waals surface area contributed by atoms with Crippen molar-refractivity contribution in [2.24, 2.45) is 0 Å². The molecular weight excluding hydrogens is 146 g/mol. The number of rotatable bonds is 2. The highest BCUT2D eigenvalue weighted by Crippen LogP contribution is 2.31. The summed E-state index contributed by atoms with van der Waals surface area (Å²) in [5.41, 5.74) is 0.139. The minimum Gasteiger partial charge on any atom is -0.504 e. The number of aromatic hydroxyl groups is 2. The summed E-state index contributed by atoms with van der Waals surface area (Å²) in [5.74, 6) is -0.624. The van der Waals surface area contributed by atoms with Gasteiger partial charge < -0.3 is 15.5 Å². The van der Waals surface area contributed by atoms with Gasteiger partial charge >= 0.3 is 6.41 Å². The minimum absolute atomic E-state index is 0.139. The van der Waals surface area contributed by atoms with Crippen molar-refractivity contribution in [1.29, 1.82) is 0 Å². The fourth-order valence-corrected chi connectivity index (χ4v) is 0.687. The lowest BCUT2D eigenvalue weighted by Crippen LogP contribution is -1.93. The molecule has 0 aliphatic rings. The fourth-order valence-electron chi connectivity index (χ4n) is 0.687. The van der Waals surface area contributed by atoms with Gasteiger partial charge in [0.15, 0.2) is 11.5 Å². The lowest BCUT2D eigenvalue weighted by atomic mass is 10.3. The maximum Gasteiger partial charge on any atom is 0.314 e. The average molecular weight is 152 g/mol. The zero-order valence-corrected chi connectivity index (χ0v) is 5.53. The number of phenols is 2. The molecule has 1 rings (SSSR count). The molecule has 1 amide bonds. The monoisotopic (exact) mass is 152 g/mol. The van der Waals surface area contributed by atoms with Crippen molar-refractivity contribution in [2.45, 2.75) is 0 Å². The molecule has 0 heterocycles. The second-order valence-electron chi connectivity index (χ2n) is 1.90. The predicted octanol–water partition coefficient (Wildman–Crippen LogP) is 0.577. The lowest BCUT2D eigenvalue weighted by Gasteiger charge is -2.01. The van der Waals surface area contributed by atoms with Crippen LogP contribution in [0.15, 0.2) is 18.2 Å². The summed E-state index contributed by atoms with van der Waals surface area (Å²) in [7, 11) is 0. The standard InChI is InChI=1S/C7H6NO3/c9-4-8-5-2-1-3-6(10)7(5)11/h1-3,10-11H,(H,8,9). The Morgan fingerprint density at radius 1 is 1.36 bits per heavy atom. The number of benzene rings is 1. The number of phenolic OH excluding ortho intramolecular Hbond substituents is 2. The van der Waals surface area contributed by atoms with E-state index in [4.69, 9.17) is 10.2 Å². The molecule has 4 heteroatoms. The van der Waals surface area contributed by atoms with Crippen molar-refractivity contribution in [3.8, 4) is 11.5 Å². The van der Waals surface area contributed by atoms with E-state index in [9.17, 15) is 4.79 Å². The molecular formula is C7H6NO3. The normalized spacial score (nSPS) is 9.09. The Bertz CT molecular complexity index is 272. The molecule has 0 spiro atoms. The second-order valence-corrected chi connectivity index (χ2v) is 1.90. The Morgan fingerprint density at radius 2 is 2.09 bits per heavy atom. The van der Waals surface area contributed by atoms with Crippen LogP contribution in [0.4, 0.5) is 5.69 Å². The molecule has 1 radical (unpaired) electrons. The maximum atomic E-state index is 9.81. The topological polar surface area (TPSA) is 69.6 Å². The molecule has 0 unspecified atom stereocenters. The number of anilines is 1. The van der Waals surface area contributed by atoms with Gasteiger partial charge in [-0.05, 0) is 12.1 Å². The Hall–Kier alpha value is -1.71. The molecule has 0 atom stereocenters. The Morgan fingerprint density at radius 3 is 2.73 bits per heavy atom. The van der Waals surface area contributed by atoms with Crippen LogP contribution in [0.2, 0.25) is 0 Å². The van der Waals surface area contributed by atoms with Crippen LogP contribution >= 0.6 is 0 Å². The van der Waals surface area contributed by atoms with Crippen molar-refractivity contribution in [1.82, 2.24) is 0 Å². The van der Waals surface area contributed by atoms with Gasteiger partial charge in [0.25, 0.3) is 0 Å². The Balaban J connectivity index is 3.05. The summed E-state index contributed by atoms with van der Waals surface area (Å²) in [6.07, 6.45) is 1.38. The molecule has 0 bridgehead atoms. The minimum atomic E-state index is -0.351. The van der Waals surface area contributed by atoms with Crippen molar-refractivity contribution < 1.29 is 15.0 Å². The number of para-hydroxylation sites is 1. The van der Waals surface area contributed by atoms with Gasteiger partial charge in [-0.3, -0.25) is 4.79 Å². The van der Waals surface area contributed by atoms with E-state index in [1.165, 1.54) is 24.6 Å². The van der Waals surface area contributed by atoms with Gasteiger partial charge in [0, 0.05) is 0 Å². The van der Waals surface area contributed by atoms with E-state index < -0.39 is 0 Å². The van der Waals surface area contributed by atoms with E-state index in [2.05, 4.69) is 5.32 Å². The van der Waals surface area contributed by atoms with Crippen LogP contribution in [0.5, 0.6) is 11.5 Å². The number of nitrogens with one attached hydrogen (secondary N) is 1. The zero-order chi connectivity index (χ0) is 8.27. The third-order valence-electron chi connectivity index (χ3n) is 1.20. The van der Waals surface area contributed by atoms with E-state index in [0.717, 1.165) is 0 Å². The van der Waals surface area contributed by atoms with Crippen molar-refractivity contribution >= 4 is 12.1 Å². The first kappa shape index (κ1) is 7.40. The first-order valence-electron chi connectivity index (χ1n) is 2.90. The SMILES string of the molecule is O=[C]Nc1cccc(O)c1O. The molecule has 3 N–H and O–H groups in total. The van der Waals surface area contributed by atoms with E-state index in [-0.39, 0.29) is 17.2 Å². The molecule has 4 nitrogen and oxygen atoms in total. The predicted molar refractivity (Wildman–Crippen MR) is 39.1 cm³/mol. The maximum absolute atomic E-state index is 9.81. The smallest absolute Gasteiger partial charge is 0.314 e. The molecule has 1 aromatic carbocycles. The van der Waals surface area contributed by atoms with Gasteiger partial charge in [0.1, 0.15) is 0 Å². The average Bonchev–Trinajstić information content (AvgIpc) is 1.99. The van der Waals surface area contributed by atoms with Gasteiger partial charge in [-0.15, -0.1) is 0 Å². The van der Waals surface area contributed by atoms with Crippen LogP contribution in [0.1, 0.15) is 0 Å². The Labute approximate surface area is 63.1 Å². The quantitative estimate of drug-likeness (QED) is 0.428. The molecule has 11 heavy (non-hydrogen) atoms. The van der Waals surface area contributed by atoms with Gasteiger partial charge in [0.05, 0.1) is 5.69 Å². The summed E-state index contributed by atoms with van der Waals surface area (Å²) in [6.45, 7) is 0. The van der Waals surface area contributed by atoms with E-state index >= 15 is 0 Å². The van der Waals surface area contributed by atoms with E-state index in [1.807, 2.05) is 0 Å². The highest BCUT2D eigenvalue weighted by molar-refractivity contribution is 5.77. The summed E-state index contributed by atoms with van der Waals surface area (Å²) in [4.78, 5) is 9.81. The molecule has 0 saturated heterocycles. The molecule has 0 aliphatic carbocycles. The third-order valence-corrected chi connectivity index (χ3v) is 1.20. The molecule has 0 aromatic heterocycles. The number of amides is 1. The summed E-state index contributed by atoms with van der Waals surface area (Å²) >= 11 is 0. The summed E-state index contributed by atoms with van der Waals surface area (Å²) < 4.78 is 0. The van der Waals surface area contributed by atoms with Crippen LogP contribution in [0.3, 0.4) is 0 Å². The van der Waals surface area contributed by atoms with E-state index in [0.29, 0.717) is 0 Å². The van der Waals surface area contributed by atoms with Crippen LogP contribution in [0, 0.1) is 0 Å². The highest BCUT2D eigenvalue weighted by Gasteiger charge is 2.03. The molecule has 0 fully saturated rings. The van der Waals surface area contributed by atoms with Crippen molar-refractivity contribution in [2.75, 3.05) is 5.32 Å². The number of hydrogen-bond donors (Lipinski definition) is 3. The third kappa shape index (κ3) is 1.40. The van der Waals surface area contributed by atoms with Gasteiger partial charge in [-0.25, -0.2) is 0 Å². The zero-order valence-electron chi connectivity index (χ0n) is 5.53. The van der Waals surface area contributed by atoms with Gasteiger partial charge in [-0.1, -0.05) is 6.07 Å². The van der Waals surface area contributed by atoms with Crippen LogP contribution in [0.25, 0.3) is 0 Å². The van der Waals surface area contributed by atoms with Crippen molar-refractivity contribution in [3.63, 3.8) is 0 Å². The molecule has 0 saturated carbocycles. The largest absolute Gasteiger partial charge is 0.504 e. The van der Waals surface area contributed by atoms with Crippen molar-refractivity contribution in [3.05, 3.63) is 18.2 Å². The van der Waals surface area contributed by atoms with Crippen LogP contribution in [-0.2, 0) is 4.79 Å². The highest BCUT2D eigenvalue weighted by atomic mass is 16.3. The summed E-state index contributed by atoms with van der Waals surface area (Å²) in [5, 5.41) is 20.0. The molecule has 57 valence electrons. The number of hydrogen-bond acceptors (Lipinski definition) is 3. The Kier molecular flexibility index (Phi) is 1.96. The van der Waals surface area contributed by atoms with Gasteiger partial charge in [-0.2, -0.15) is 0 Å². The first-order valence-corrected chi connectivity index (χ1v) is 2.90. The molecule has 0 aliphatic heterocycles. The molecule has 1 aromatic rings. The van der Waals surface area contributed by atoms with Gasteiger partial charge in [0.2, 0.25) is 0 Å². The first-order chi connectivity index (χ1) is 5.25.